The standard InChI is InChI=1S/C19H22N2O3S/c1-15-6-4-5-7-17(15)14-21(3)19(22)13-10-16-8-11-18(12-9-16)25(23,24)20-2/h4-13,20H,14H2,1-3H3/b13-10+. The minimum atomic E-state index is -3.45. The molecule has 0 spiro atoms. The van der Waals surface area contributed by atoms with Crippen LogP contribution in [0.4, 0.5) is 0 Å². The van der Waals surface area contributed by atoms with Gasteiger partial charge in [0.15, 0.2) is 0 Å². The summed E-state index contributed by atoms with van der Waals surface area (Å²) in [6, 6.07) is 14.3. The van der Waals surface area contributed by atoms with Crippen molar-refractivity contribution >= 4 is 22.0 Å². The molecule has 5 nitrogen and oxygen atoms in total. The fourth-order valence-electron chi connectivity index (χ4n) is 2.29. The Hall–Kier alpha value is -2.44. The van der Waals surface area contributed by atoms with Crippen molar-refractivity contribution in [3.63, 3.8) is 0 Å². The fourth-order valence-corrected chi connectivity index (χ4v) is 3.02. The third-order valence-electron chi connectivity index (χ3n) is 3.92. The van der Waals surface area contributed by atoms with Crippen LogP contribution in [0.25, 0.3) is 6.08 Å². The Labute approximate surface area is 149 Å². The highest BCUT2D eigenvalue weighted by Crippen LogP contribution is 2.12. The average Bonchev–Trinajstić information content (AvgIpc) is 2.61. The van der Waals surface area contributed by atoms with Crippen LogP contribution >= 0.6 is 0 Å². The Bertz CT molecular complexity index is 872. The van der Waals surface area contributed by atoms with E-state index in [2.05, 4.69) is 4.72 Å². The summed E-state index contributed by atoms with van der Waals surface area (Å²) in [5.74, 6) is -0.116. The van der Waals surface area contributed by atoms with Crippen molar-refractivity contribution in [2.24, 2.45) is 0 Å². The molecule has 2 rings (SSSR count). The van der Waals surface area contributed by atoms with Crippen molar-refractivity contribution in [2.45, 2.75) is 18.4 Å². The lowest BCUT2D eigenvalue weighted by Crippen LogP contribution is -2.24. The van der Waals surface area contributed by atoms with Gasteiger partial charge in [-0.15, -0.1) is 0 Å². The van der Waals surface area contributed by atoms with E-state index in [0.717, 1.165) is 16.7 Å². The predicted molar refractivity (Wildman–Crippen MR) is 99.4 cm³/mol. The topological polar surface area (TPSA) is 66.5 Å². The van der Waals surface area contributed by atoms with E-state index in [1.165, 1.54) is 25.3 Å². The lowest BCUT2D eigenvalue weighted by molar-refractivity contribution is -0.125. The lowest BCUT2D eigenvalue weighted by atomic mass is 10.1. The van der Waals surface area contributed by atoms with Gasteiger partial charge in [-0.3, -0.25) is 4.79 Å². The number of sulfonamides is 1. The van der Waals surface area contributed by atoms with Gasteiger partial charge in [0.2, 0.25) is 15.9 Å². The first-order valence-electron chi connectivity index (χ1n) is 7.85. The van der Waals surface area contributed by atoms with E-state index in [1.807, 2.05) is 31.2 Å². The molecule has 1 amide bonds. The molecule has 0 saturated carbocycles. The monoisotopic (exact) mass is 358 g/mol. The number of aryl methyl sites for hydroxylation is 1. The number of carbonyl (C=O) groups is 1. The van der Waals surface area contributed by atoms with E-state index in [1.54, 1.807) is 30.2 Å². The molecular formula is C19H22N2O3S. The highest BCUT2D eigenvalue weighted by Gasteiger charge is 2.10. The third kappa shape index (κ3) is 5.01. The molecule has 132 valence electrons. The minimum Gasteiger partial charge on any atom is -0.338 e. The minimum absolute atomic E-state index is 0.116. The maximum absolute atomic E-state index is 12.2. The van der Waals surface area contributed by atoms with Gasteiger partial charge in [0.1, 0.15) is 0 Å². The largest absolute Gasteiger partial charge is 0.338 e. The number of hydrogen-bond acceptors (Lipinski definition) is 3. The fraction of sp³-hybridized carbons (Fsp3) is 0.211. The van der Waals surface area contributed by atoms with E-state index >= 15 is 0 Å². The number of likely N-dealkylation sites (N-methyl/N-ethyl adjacent to an activating group) is 1. The van der Waals surface area contributed by atoms with Crippen LogP contribution in [0.2, 0.25) is 0 Å². The van der Waals surface area contributed by atoms with Gasteiger partial charge in [0, 0.05) is 19.7 Å². The normalized spacial score (nSPS) is 11.6. The zero-order valence-corrected chi connectivity index (χ0v) is 15.4. The molecule has 0 heterocycles. The molecule has 0 aliphatic carbocycles. The average molecular weight is 358 g/mol. The molecule has 25 heavy (non-hydrogen) atoms. The molecule has 0 fully saturated rings. The Morgan fingerprint density at radius 2 is 1.76 bits per heavy atom. The maximum Gasteiger partial charge on any atom is 0.246 e. The SMILES string of the molecule is CNS(=O)(=O)c1ccc(/C=C/C(=O)N(C)Cc2ccccc2C)cc1. The number of nitrogens with one attached hydrogen (secondary N) is 1. The molecule has 0 atom stereocenters. The first-order valence-corrected chi connectivity index (χ1v) is 9.33. The molecule has 0 radical (unpaired) electrons. The van der Waals surface area contributed by atoms with E-state index in [0.29, 0.717) is 6.54 Å². The summed E-state index contributed by atoms with van der Waals surface area (Å²) in [6.45, 7) is 2.56. The maximum atomic E-state index is 12.2. The van der Waals surface area contributed by atoms with Gasteiger partial charge in [-0.25, -0.2) is 13.1 Å². The van der Waals surface area contributed by atoms with Crippen LogP contribution < -0.4 is 4.72 Å². The Balaban J connectivity index is 2.03. The van der Waals surface area contributed by atoms with Crippen molar-refractivity contribution in [3.05, 3.63) is 71.3 Å². The van der Waals surface area contributed by atoms with Crippen molar-refractivity contribution in [1.29, 1.82) is 0 Å². The number of hydrogen-bond donors (Lipinski definition) is 1. The second-order valence-electron chi connectivity index (χ2n) is 5.73. The van der Waals surface area contributed by atoms with Crippen molar-refractivity contribution in [1.82, 2.24) is 9.62 Å². The van der Waals surface area contributed by atoms with Crippen LogP contribution in [0.1, 0.15) is 16.7 Å². The summed E-state index contributed by atoms with van der Waals surface area (Å²) < 4.78 is 25.6. The Kier molecular flexibility index (Phi) is 6.12. The quantitative estimate of drug-likeness (QED) is 0.807. The summed E-state index contributed by atoms with van der Waals surface area (Å²) in [5.41, 5.74) is 3.01. The van der Waals surface area contributed by atoms with E-state index in [-0.39, 0.29) is 10.8 Å². The smallest absolute Gasteiger partial charge is 0.246 e. The summed E-state index contributed by atoms with van der Waals surface area (Å²) in [7, 11) is -0.329. The van der Waals surface area contributed by atoms with Crippen LogP contribution in [0.5, 0.6) is 0 Å². The zero-order valence-electron chi connectivity index (χ0n) is 14.6. The molecule has 0 aliphatic heterocycles. The van der Waals surface area contributed by atoms with Crippen molar-refractivity contribution < 1.29 is 13.2 Å². The van der Waals surface area contributed by atoms with Gasteiger partial charge in [-0.1, -0.05) is 36.4 Å². The van der Waals surface area contributed by atoms with Gasteiger partial charge in [-0.05, 0) is 48.9 Å². The molecule has 0 aromatic heterocycles. The molecule has 6 heteroatoms. The molecule has 1 N–H and O–H groups in total. The molecule has 0 saturated heterocycles. The molecule has 2 aromatic rings. The predicted octanol–water partition coefficient (Wildman–Crippen LogP) is 2.57. The van der Waals surface area contributed by atoms with Crippen LogP contribution in [0, 0.1) is 6.92 Å². The molecule has 0 bridgehead atoms. The Morgan fingerprint density at radius 3 is 2.36 bits per heavy atom. The Morgan fingerprint density at radius 1 is 1.12 bits per heavy atom. The molecule has 2 aromatic carbocycles. The zero-order chi connectivity index (χ0) is 18.4. The number of carbonyl (C=O) groups excluding carboxylic acids is 1. The van der Waals surface area contributed by atoms with Crippen molar-refractivity contribution in [2.75, 3.05) is 14.1 Å². The third-order valence-corrected chi connectivity index (χ3v) is 5.35. The van der Waals surface area contributed by atoms with Gasteiger partial charge in [0.05, 0.1) is 4.90 Å². The highest BCUT2D eigenvalue weighted by molar-refractivity contribution is 7.89. The van der Waals surface area contributed by atoms with Crippen LogP contribution in [-0.2, 0) is 21.4 Å². The van der Waals surface area contributed by atoms with E-state index in [4.69, 9.17) is 0 Å². The van der Waals surface area contributed by atoms with Gasteiger partial charge >= 0.3 is 0 Å². The number of rotatable bonds is 6. The van der Waals surface area contributed by atoms with E-state index in [9.17, 15) is 13.2 Å². The second-order valence-corrected chi connectivity index (χ2v) is 7.62. The first-order chi connectivity index (χ1) is 11.8. The van der Waals surface area contributed by atoms with Crippen LogP contribution in [0.15, 0.2) is 59.5 Å². The molecule has 0 unspecified atom stereocenters. The second kappa shape index (κ2) is 8.09. The number of amides is 1. The van der Waals surface area contributed by atoms with E-state index < -0.39 is 10.0 Å². The lowest BCUT2D eigenvalue weighted by Gasteiger charge is -2.16. The summed E-state index contributed by atoms with van der Waals surface area (Å²) in [5, 5.41) is 0. The highest BCUT2D eigenvalue weighted by atomic mass is 32.2. The summed E-state index contributed by atoms with van der Waals surface area (Å²) >= 11 is 0. The van der Waals surface area contributed by atoms with Crippen LogP contribution in [0.3, 0.4) is 0 Å². The van der Waals surface area contributed by atoms with Gasteiger partial charge in [0.25, 0.3) is 0 Å². The van der Waals surface area contributed by atoms with Crippen LogP contribution in [-0.4, -0.2) is 33.3 Å². The molecule has 0 aliphatic rings. The van der Waals surface area contributed by atoms with Gasteiger partial charge < -0.3 is 4.90 Å². The number of benzene rings is 2. The first kappa shape index (κ1) is 18.9. The number of nitrogens with zero attached hydrogens (tertiary/aromatic N) is 1. The summed E-state index contributed by atoms with van der Waals surface area (Å²) in [6.07, 6.45) is 3.16. The molecular weight excluding hydrogens is 336 g/mol. The van der Waals surface area contributed by atoms with Crippen molar-refractivity contribution in [3.8, 4) is 0 Å². The van der Waals surface area contributed by atoms with Gasteiger partial charge in [-0.2, -0.15) is 0 Å². The summed E-state index contributed by atoms with van der Waals surface area (Å²) in [4.78, 5) is 14.1.